The first-order chi connectivity index (χ1) is 13.1. The minimum Gasteiger partial charge on any atom is -0.340 e. The molecule has 6 heteroatoms. The summed E-state index contributed by atoms with van der Waals surface area (Å²) in [5.74, 6) is 0.292. The van der Waals surface area contributed by atoms with Crippen LogP contribution in [0.25, 0.3) is 10.9 Å². The summed E-state index contributed by atoms with van der Waals surface area (Å²) in [6.45, 7) is 1.57. The van der Waals surface area contributed by atoms with Gasteiger partial charge in [0.2, 0.25) is 0 Å². The molecular formula is C21H24N3O2S+. The summed E-state index contributed by atoms with van der Waals surface area (Å²) in [5.41, 5.74) is 1.31. The fourth-order valence-electron chi connectivity index (χ4n) is 2.88. The quantitative estimate of drug-likeness (QED) is 0.367. The average molecular weight is 383 g/mol. The van der Waals surface area contributed by atoms with Gasteiger partial charge in [0.05, 0.1) is 37.3 Å². The SMILES string of the molecule is C[NH+](C)CCCn1c(SCC(=O)c2ccccc2)nc2ccccc2c1=O. The molecule has 0 bridgehead atoms. The number of ketones is 1. The van der Waals surface area contributed by atoms with Crippen LogP contribution in [0.3, 0.4) is 0 Å². The zero-order valence-corrected chi connectivity index (χ0v) is 16.5. The molecule has 1 heterocycles. The summed E-state index contributed by atoms with van der Waals surface area (Å²) in [5, 5.41) is 1.23. The van der Waals surface area contributed by atoms with Crippen molar-refractivity contribution in [2.45, 2.75) is 18.1 Å². The van der Waals surface area contributed by atoms with Crippen molar-refractivity contribution in [3.8, 4) is 0 Å². The van der Waals surface area contributed by atoms with E-state index >= 15 is 0 Å². The van der Waals surface area contributed by atoms with Gasteiger partial charge in [-0.25, -0.2) is 4.98 Å². The van der Waals surface area contributed by atoms with Gasteiger partial charge >= 0.3 is 0 Å². The zero-order valence-electron chi connectivity index (χ0n) is 15.6. The molecule has 0 aliphatic rings. The van der Waals surface area contributed by atoms with E-state index in [9.17, 15) is 9.59 Å². The first kappa shape index (κ1) is 19.3. The highest BCUT2D eigenvalue weighted by molar-refractivity contribution is 7.99. The molecule has 5 nitrogen and oxygen atoms in total. The Balaban J connectivity index is 1.87. The molecule has 0 saturated carbocycles. The predicted molar refractivity (Wildman–Crippen MR) is 110 cm³/mol. The number of hydrogen-bond acceptors (Lipinski definition) is 4. The van der Waals surface area contributed by atoms with Gasteiger partial charge in [-0.3, -0.25) is 14.2 Å². The van der Waals surface area contributed by atoms with Crippen molar-refractivity contribution in [1.82, 2.24) is 9.55 Å². The summed E-state index contributed by atoms with van der Waals surface area (Å²) in [6.07, 6.45) is 0.877. The van der Waals surface area contributed by atoms with Crippen LogP contribution in [0.5, 0.6) is 0 Å². The van der Waals surface area contributed by atoms with Crippen molar-refractivity contribution in [2.24, 2.45) is 0 Å². The van der Waals surface area contributed by atoms with Gasteiger partial charge < -0.3 is 4.90 Å². The van der Waals surface area contributed by atoms with E-state index in [0.29, 0.717) is 28.2 Å². The van der Waals surface area contributed by atoms with Crippen molar-refractivity contribution in [3.05, 3.63) is 70.5 Å². The number of nitrogens with zero attached hydrogens (tertiary/aromatic N) is 2. The smallest absolute Gasteiger partial charge is 0.262 e. The van der Waals surface area contributed by atoms with E-state index in [1.165, 1.54) is 16.7 Å². The van der Waals surface area contributed by atoms with Gasteiger partial charge in [-0.2, -0.15) is 0 Å². The maximum atomic E-state index is 13.0. The number of aromatic nitrogens is 2. The molecule has 0 unspecified atom stereocenters. The standard InChI is InChI=1S/C21H23N3O2S/c1-23(2)13-8-14-24-20(26)17-11-6-7-12-18(17)22-21(24)27-15-19(25)16-9-4-3-5-10-16/h3-7,9-12H,8,13-15H2,1-2H3/p+1. The largest absolute Gasteiger partial charge is 0.340 e. The van der Waals surface area contributed by atoms with Crippen molar-refractivity contribution < 1.29 is 9.69 Å². The number of benzene rings is 2. The van der Waals surface area contributed by atoms with Crippen LogP contribution >= 0.6 is 11.8 Å². The third-order valence-electron chi connectivity index (χ3n) is 4.31. The molecule has 1 aromatic heterocycles. The molecule has 0 spiro atoms. The Hall–Kier alpha value is -2.44. The molecule has 2 aromatic carbocycles. The van der Waals surface area contributed by atoms with E-state index in [-0.39, 0.29) is 17.1 Å². The first-order valence-corrected chi connectivity index (χ1v) is 10.0. The first-order valence-electron chi connectivity index (χ1n) is 9.06. The number of rotatable bonds is 8. The summed E-state index contributed by atoms with van der Waals surface area (Å²) in [7, 11) is 4.19. The number of Topliss-reactive ketones (excluding diaryl/α,β-unsaturated/α-hetero) is 1. The van der Waals surface area contributed by atoms with Crippen LogP contribution in [0.1, 0.15) is 16.8 Å². The molecule has 3 rings (SSSR count). The zero-order chi connectivity index (χ0) is 19.2. The molecule has 0 aliphatic carbocycles. The highest BCUT2D eigenvalue weighted by Gasteiger charge is 2.14. The molecule has 0 fully saturated rings. The molecule has 0 aliphatic heterocycles. The second kappa shape index (κ2) is 8.97. The van der Waals surface area contributed by atoms with Gasteiger partial charge in [-0.15, -0.1) is 0 Å². The fraction of sp³-hybridized carbons (Fsp3) is 0.286. The van der Waals surface area contributed by atoms with E-state index in [1.54, 1.807) is 4.57 Å². The molecule has 27 heavy (non-hydrogen) atoms. The predicted octanol–water partition coefficient (Wildman–Crippen LogP) is 1.91. The molecule has 1 N–H and O–H groups in total. The minimum atomic E-state index is -0.0379. The van der Waals surface area contributed by atoms with Gasteiger partial charge in [-0.1, -0.05) is 54.2 Å². The highest BCUT2D eigenvalue weighted by atomic mass is 32.2. The summed E-state index contributed by atoms with van der Waals surface area (Å²) >= 11 is 1.33. The Morgan fingerprint density at radius 1 is 1.07 bits per heavy atom. The van der Waals surface area contributed by atoms with Gasteiger partial charge in [0, 0.05) is 18.5 Å². The lowest BCUT2D eigenvalue weighted by molar-refractivity contribution is -0.858. The van der Waals surface area contributed by atoms with E-state index in [1.807, 2.05) is 54.6 Å². The van der Waals surface area contributed by atoms with Crippen LogP contribution in [0.4, 0.5) is 0 Å². The number of fused-ring (bicyclic) bond motifs is 1. The lowest BCUT2D eigenvalue weighted by Gasteiger charge is -2.14. The third-order valence-corrected chi connectivity index (χ3v) is 5.29. The second-order valence-corrected chi connectivity index (χ2v) is 7.70. The lowest BCUT2D eigenvalue weighted by atomic mass is 10.2. The lowest BCUT2D eigenvalue weighted by Crippen LogP contribution is -3.05. The van der Waals surface area contributed by atoms with E-state index in [2.05, 4.69) is 19.1 Å². The monoisotopic (exact) mass is 382 g/mol. The van der Waals surface area contributed by atoms with Gasteiger partial charge in [-0.05, 0) is 12.1 Å². The van der Waals surface area contributed by atoms with Gasteiger partial charge in [0.1, 0.15) is 0 Å². The molecular weight excluding hydrogens is 358 g/mol. The van der Waals surface area contributed by atoms with Crippen molar-refractivity contribution >= 4 is 28.4 Å². The molecule has 0 radical (unpaired) electrons. The van der Waals surface area contributed by atoms with Crippen molar-refractivity contribution in [1.29, 1.82) is 0 Å². The van der Waals surface area contributed by atoms with Crippen LogP contribution in [0, 0.1) is 0 Å². The molecule has 0 atom stereocenters. The number of thioether (sulfide) groups is 1. The van der Waals surface area contributed by atoms with Crippen LogP contribution in [-0.2, 0) is 6.54 Å². The number of nitrogens with one attached hydrogen (secondary N) is 1. The Morgan fingerprint density at radius 3 is 2.52 bits per heavy atom. The Morgan fingerprint density at radius 2 is 1.78 bits per heavy atom. The third kappa shape index (κ3) is 4.84. The Kier molecular flexibility index (Phi) is 6.42. The fourth-order valence-corrected chi connectivity index (χ4v) is 3.80. The van der Waals surface area contributed by atoms with Gasteiger partial charge in [0.25, 0.3) is 5.56 Å². The van der Waals surface area contributed by atoms with Crippen molar-refractivity contribution in [2.75, 3.05) is 26.4 Å². The number of carbonyl (C=O) groups excluding carboxylic acids is 1. The van der Waals surface area contributed by atoms with E-state index in [4.69, 9.17) is 0 Å². The van der Waals surface area contributed by atoms with E-state index < -0.39 is 0 Å². The maximum Gasteiger partial charge on any atom is 0.262 e. The maximum absolute atomic E-state index is 13.0. The summed E-state index contributed by atoms with van der Waals surface area (Å²) in [6, 6.07) is 16.6. The van der Waals surface area contributed by atoms with Crippen LogP contribution in [0.15, 0.2) is 64.5 Å². The number of hydrogen-bond donors (Lipinski definition) is 1. The summed E-state index contributed by atoms with van der Waals surface area (Å²) < 4.78 is 1.72. The molecule has 0 amide bonds. The minimum absolute atomic E-state index is 0.0345. The number of quaternary nitrogens is 1. The van der Waals surface area contributed by atoms with Crippen LogP contribution in [0.2, 0.25) is 0 Å². The van der Waals surface area contributed by atoms with Crippen molar-refractivity contribution in [3.63, 3.8) is 0 Å². The number of para-hydroxylation sites is 1. The summed E-state index contributed by atoms with van der Waals surface area (Å²) in [4.78, 5) is 31.4. The Labute approximate surface area is 163 Å². The normalized spacial score (nSPS) is 11.2. The average Bonchev–Trinajstić information content (AvgIpc) is 2.68. The molecule has 0 saturated heterocycles. The number of carbonyl (C=O) groups is 1. The van der Waals surface area contributed by atoms with Crippen LogP contribution < -0.4 is 10.5 Å². The Bertz CT molecular complexity index is 984. The second-order valence-electron chi connectivity index (χ2n) is 6.76. The van der Waals surface area contributed by atoms with Crippen LogP contribution in [-0.4, -0.2) is 41.7 Å². The van der Waals surface area contributed by atoms with Gasteiger partial charge in [0.15, 0.2) is 10.9 Å². The van der Waals surface area contributed by atoms with E-state index in [0.717, 1.165) is 13.0 Å². The topological polar surface area (TPSA) is 56.4 Å². The molecule has 3 aromatic rings. The molecule has 140 valence electrons. The highest BCUT2D eigenvalue weighted by Crippen LogP contribution is 2.19.